The largest absolute Gasteiger partial charge is 0.479 e. The maximum Gasteiger partial charge on any atom is 0.347 e. The van der Waals surface area contributed by atoms with Crippen LogP contribution in [0.5, 0.6) is 5.75 Å². The fraction of sp³-hybridized carbons (Fsp3) is 0.333. The highest BCUT2D eigenvalue weighted by Gasteiger charge is 2.20. The van der Waals surface area contributed by atoms with Crippen LogP contribution in [-0.2, 0) is 19.7 Å². The maximum atomic E-state index is 13.7. The normalized spacial score (nSPS) is 12.0. The first-order valence-electron chi connectivity index (χ1n) is 9.15. The van der Waals surface area contributed by atoms with Gasteiger partial charge in [-0.1, -0.05) is 32.9 Å². The topological polar surface area (TPSA) is 108 Å². The number of halogens is 1. The second-order valence-electron chi connectivity index (χ2n) is 7.61. The first-order valence-corrected chi connectivity index (χ1v) is 9.15. The van der Waals surface area contributed by atoms with Gasteiger partial charge in [0.15, 0.2) is 12.7 Å². The molecule has 2 aromatic carbocycles. The third-order valence-electron chi connectivity index (χ3n) is 4.15. The van der Waals surface area contributed by atoms with Crippen LogP contribution in [0.3, 0.4) is 0 Å². The van der Waals surface area contributed by atoms with Crippen molar-refractivity contribution in [3.63, 3.8) is 0 Å². The van der Waals surface area contributed by atoms with Crippen molar-refractivity contribution in [1.82, 2.24) is 0 Å². The molecule has 1 atom stereocenters. The highest BCUT2D eigenvalue weighted by molar-refractivity contribution is 5.93. The number of nitrogens with one attached hydrogen (secondary N) is 1. The number of rotatable bonds is 7. The summed E-state index contributed by atoms with van der Waals surface area (Å²) in [7, 11) is 0. The lowest BCUT2D eigenvalue weighted by atomic mass is 9.87. The lowest BCUT2D eigenvalue weighted by Crippen LogP contribution is -2.30. The van der Waals surface area contributed by atoms with Gasteiger partial charge in [0.1, 0.15) is 11.6 Å². The van der Waals surface area contributed by atoms with Crippen LogP contribution in [-0.4, -0.2) is 29.5 Å². The van der Waals surface area contributed by atoms with Gasteiger partial charge in [-0.25, -0.2) is 9.18 Å². The molecule has 8 nitrogen and oxygen atoms in total. The Labute approximate surface area is 173 Å². The Morgan fingerprint density at radius 1 is 1.17 bits per heavy atom. The molecule has 0 aliphatic carbocycles. The summed E-state index contributed by atoms with van der Waals surface area (Å²) in [5.41, 5.74) is 0.321. The van der Waals surface area contributed by atoms with Crippen LogP contribution >= 0.6 is 0 Å². The molecular weight excluding hydrogens is 395 g/mol. The van der Waals surface area contributed by atoms with Crippen molar-refractivity contribution >= 4 is 23.3 Å². The molecule has 0 heterocycles. The summed E-state index contributed by atoms with van der Waals surface area (Å²) in [5.74, 6) is -2.01. The van der Waals surface area contributed by atoms with Gasteiger partial charge >= 0.3 is 5.97 Å². The Bertz CT molecular complexity index is 938. The molecule has 0 bridgehead atoms. The number of anilines is 1. The standard InChI is InChI=1S/C21H23FN2O6/c1-13(30-16-8-5-14(6-9-16)21(2,3)4)20(26)29-12-19(25)23-18-11-15(24(27)28)7-10-17(18)22/h5-11,13H,12H2,1-4H3,(H,23,25)/t13-/m1/s1. The lowest BCUT2D eigenvalue weighted by molar-refractivity contribution is -0.384. The van der Waals surface area contributed by atoms with Crippen molar-refractivity contribution in [2.24, 2.45) is 0 Å². The highest BCUT2D eigenvalue weighted by atomic mass is 19.1. The average molecular weight is 418 g/mol. The quantitative estimate of drug-likeness (QED) is 0.414. The van der Waals surface area contributed by atoms with Gasteiger partial charge in [0, 0.05) is 12.1 Å². The Kier molecular flexibility index (Phi) is 7.10. The minimum Gasteiger partial charge on any atom is -0.479 e. The minimum absolute atomic E-state index is 0.0188. The SMILES string of the molecule is C[C@@H](Oc1ccc(C(C)(C)C)cc1)C(=O)OCC(=O)Nc1cc([N+](=O)[O-])ccc1F. The average Bonchev–Trinajstić information content (AvgIpc) is 2.67. The van der Waals surface area contributed by atoms with Crippen LogP contribution in [0.4, 0.5) is 15.8 Å². The number of esters is 1. The van der Waals surface area contributed by atoms with Crippen molar-refractivity contribution in [3.8, 4) is 5.75 Å². The van der Waals surface area contributed by atoms with E-state index in [1.54, 1.807) is 12.1 Å². The second kappa shape index (κ2) is 9.34. The van der Waals surface area contributed by atoms with E-state index in [1.165, 1.54) is 6.92 Å². The Morgan fingerprint density at radius 3 is 2.37 bits per heavy atom. The lowest BCUT2D eigenvalue weighted by Gasteiger charge is -2.20. The minimum atomic E-state index is -0.979. The molecular formula is C21H23FN2O6. The molecule has 0 unspecified atom stereocenters. The van der Waals surface area contributed by atoms with Crippen molar-refractivity contribution < 1.29 is 28.4 Å². The number of carbonyl (C=O) groups excluding carboxylic acids is 2. The van der Waals surface area contributed by atoms with E-state index >= 15 is 0 Å². The third-order valence-corrected chi connectivity index (χ3v) is 4.15. The number of nitrogens with zero attached hydrogens (tertiary/aromatic N) is 1. The van der Waals surface area contributed by atoms with Gasteiger partial charge in [-0.05, 0) is 36.1 Å². The summed E-state index contributed by atoms with van der Waals surface area (Å²) in [6.45, 7) is 7.00. The first kappa shape index (κ1) is 22.8. The fourth-order valence-corrected chi connectivity index (χ4v) is 2.45. The number of hydrogen-bond donors (Lipinski definition) is 1. The van der Waals surface area contributed by atoms with Crippen LogP contribution in [0, 0.1) is 15.9 Å². The van der Waals surface area contributed by atoms with Crippen LogP contribution in [0.2, 0.25) is 0 Å². The van der Waals surface area contributed by atoms with E-state index in [4.69, 9.17) is 9.47 Å². The molecule has 0 radical (unpaired) electrons. The number of nitro groups is 1. The number of non-ortho nitro benzene ring substituents is 1. The molecule has 0 saturated heterocycles. The molecule has 2 rings (SSSR count). The van der Waals surface area contributed by atoms with Gasteiger partial charge in [0.25, 0.3) is 11.6 Å². The van der Waals surface area contributed by atoms with Gasteiger partial charge in [0.2, 0.25) is 0 Å². The molecule has 1 N–H and O–H groups in total. The van der Waals surface area contributed by atoms with Crippen molar-refractivity contribution in [2.75, 3.05) is 11.9 Å². The van der Waals surface area contributed by atoms with Crippen LogP contribution in [0.15, 0.2) is 42.5 Å². The molecule has 30 heavy (non-hydrogen) atoms. The van der Waals surface area contributed by atoms with Crippen LogP contribution < -0.4 is 10.1 Å². The summed E-state index contributed by atoms with van der Waals surface area (Å²) in [5, 5.41) is 12.9. The predicted octanol–water partition coefficient (Wildman–Crippen LogP) is 3.98. The van der Waals surface area contributed by atoms with Crippen LogP contribution in [0.1, 0.15) is 33.3 Å². The van der Waals surface area contributed by atoms with E-state index in [9.17, 15) is 24.1 Å². The number of hydrogen-bond acceptors (Lipinski definition) is 6. The first-order chi connectivity index (χ1) is 14.0. The van der Waals surface area contributed by atoms with Gasteiger partial charge in [-0.3, -0.25) is 14.9 Å². The zero-order valence-corrected chi connectivity index (χ0v) is 17.1. The van der Waals surface area contributed by atoms with Gasteiger partial charge in [-0.15, -0.1) is 0 Å². The molecule has 0 saturated carbocycles. The smallest absolute Gasteiger partial charge is 0.347 e. The van der Waals surface area contributed by atoms with E-state index in [0.717, 1.165) is 23.8 Å². The molecule has 0 fully saturated rings. The van der Waals surface area contributed by atoms with E-state index in [0.29, 0.717) is 5.75 Å². The summed E-state index contributed by atoms with van der Waals surface area (Å²) >= 11 is 0. The monoisotopic (exact) mass is 418 g/mol. The molecule has 0 aliphatic rings. The molecule has 0 aliphatic heterocycles. The third kappa shape index (κ3) is 6.26. The summed E-state index contributed by atoms with van der Waals surface area (Å²) in [6.07, 6.45) is -0.979. The zero-order chi connectivity index (χ0) is 22.5. The fourth-order valence-electron chi connectivity index (χ4n) is 2.45. The van der Waals surface area contributed by atoms with E-state index < -0.39 is 35.3 Å². The number of ether oxygens (including phenoxy) is 2. The van der Waals surface area contributed by atoms with Gasteiger partial charge in [-0.2, -0.15) is 0 Å². The molecule has 1 amide bonds. The van der Waals surface area contributed by atoms with Gasteiger partial charge in [0.05, 0.1) is 10.6 Å². The number of nitro benzene ring substituents is 1. The van der Waals surface area contributed by atoms with Crippen LogP contribution in [0.25, 0.3) is 0 Å². The number of amides is 1. The summed E-state index contributed by atoms with van der Waals surface area (Å²) in [6, 6.07) is 9.98. The molecule has 160 valence electrons. The van der Waals surface area contributed by atoms with Gasteiger partial charge < -0.3 is 14.8 Å². The number of carbonyl (C=O) groups is 2. The van der Waals surface area contributed by atoms with E-state index in [1.807, 2.05) is 12.1 Å². The Balaban J connectivity index is 1.88. The molecule has 0 spiro atoms. The zero-order valence-electron chi connectivity index (χ0n) is 17.1. The van der Waals surface area contributed by atoms with E-state index in [2.05, 4.69) is 26.1 Å². The molecule has 2 aromatic rings. The Hall–Kier alpha value is -3.49. The summed E-state index contributed by atoms with van der Waals surface area (Å²) < 4.78 is 24.1. The summed E-state index contributed by atoms with van der Waals surface area (Å²) in [4.78, 5) is 34.0. The second-order valence-corrected chi connectivity index (χ2v) is 7.61. The highest BCUT2D eigenvalue weighted by Crippen LogP contribution is 2.25. The van der Waals surface area contributed by atoms with Crippen molar-refractivity contribution in [1.29, 1.82) is 0 Å². The van der Waals surface area contributed by atoms with E-state index in [-0.39, 0.29) is 16.8 Å². The molecule has 9 heteroatoms. The Morgan fingerprint density at radius 2 is 1.80 bits per heavy atom. The predicted molar refractivity (Wildman–Crippen MR) is 108 cm³/mol. The maximum absolute atomic E-state index is 13.7. The van der Waals surface area contributed by atoms with Crippen molar-refractivity contribution in [2.45, 2.75) is 39.2 Å². The molecule has 0 aromatic heterocycles. The van der Waals surface area contributed by atoms with Crippen molar-refractivity contribution in [3.05, 3.63) is 64.0 Å². The number of benzene rings is 2.